The summed E-state index contributed by atoms with van der Waals surface area (Å²) in [5.74, 6) is -0.493. The quantitative estimate of drug-likeness (QED) is 0.309. The molecule has 0 aliphatic carbocycles. The number of hydrogen-bond acceptors (Lipinski definition) is 4. The normalized spacial score (nSPS) is 29.0. The summed E-state index contributed by atoms with van der Waals surface area (Å²) < 4.78 is 22.3. The summed E-state index contributed by atoms with van der Waals surface area (Å²) in [5.41, 5.74) is -1.33. The lowest BCUT2D eigenvalue weighted by atomic mass is 9.94. The van der Waals surface area contributed by atoms with E-state index < -0.39 is 32.9 Å². The molecule has 7 nitrogen and oxygen atoms in total. The van der Waals surface area contributed by atoms with Crippen LogP contribution < -0.4 is 5.32 Å². The third kappa shape index (κ3) is 5.01. The Hall–Kier alpha value is 0.610. The first-order valence-electron chi connectivity index (χ1n) is 5.10. The van der Waals surface area contributed by atoms with E-state index >= 15 is 0 Å². The van der Waals surface area contributed by atoms with Crippen LogP contribution in [0.2, 0.25) is 0 Å². The smallest absolute Gasteiger partial charge is 0.324 e. The van der Waals surface area contributed by atoms with Crippen molar-refractivity contribution >= 4 is 27.8 Å². The Balaban J connectivity index is 2.90. The minimum absolute atomic E-state index is 0.312. The molecule has 5 N–H and O–H groups in total. The number of piperidine rings is 1. The minimum Gasteiger partial charge on any atom is -0.324 e. The molecule has 1 fully saturated rings. The molecule has 1 rings (SSSR count). The molecule has 0 aromatic rings. The van der Waals surface area contributed by atoms with Gasteiger partial charge in [0.15, 0.2) is 0 Å². The van der Waals surface area contributed by atoms with Gasteiger partial charge in [-0.25, -0.2) is 0 Å². The van der Waals surface area contributed by atoms with Crippen molar-refractivity contribution in [2.45, 2.75) is 17.3 Å². The molecule has 17 heavy (non-hydrogen) atoms. The van der Waals surface area contributed by atoms with Crippen LogP contribution in [0.4, 0.5) is 0 Å². The highest BCUT2D eigenvalue weighted by Crippen LogP contribution is 2.53. The summed E-state index contributed by atoms with van der Waals surface area (Å²) in [5, 5.41) is 2.70. The van der Waals surface area contributed by atoms with E-state index in [1.54, 1.807) is 0 Å². The zero-order valence-corrected chi connectivity index (χ0v) is 11.7. The van der Waals surface area contributed by atoms with Crippen molar-refractivity contribution < 1.29 is 28.7 Å². The van der Waals surface area contributed by atoms with Crippen LogP contribution in [0.15, 0.2) is 0 Å². The molecular formula is C7H17NO6P2S. The molecule has 10 heteroatoms. The molecule has 1 saturated heterocycles. The zero-order valence-electron chi connectivity index (χ0n) is 9.01. The monoisotopic (exact) mass is 305 g/mol. The average molecular weight is 305 g/mol. The Morgan fingerprint density at radius 1 is 1.29 bits per heavy atom. The van der Waals surface area contributed by atoms with Crippen LogP contribution >= 0.6 is 27.8 Å². The molecule has 0 saturated carbocycles. The van der Waals surface area contributed by atoms with Crippen LogP contribution in [-0.4, -0.2) is 49.7 Å². The summed E-state index contributed by atoms with van der Waals surface area (Å²) in [6.07, 6.45) is -0.344. The number of hydrogen-bond donors (Lipinski definition) is 6. The molecule has 0 aromatic heterocycles. The van der Waals surface area contributed by atoms with Gasteiger partial charge in [-0.3, -0.25) is 9.13 Å². The van der Waals surface area contributed by atoms with Crippen LogP contribution in [0, 0.1) is 5.92 Å². The molecule has 1 heterocycles. The van der Waals surface area contributed by atoms with E-state index in [4.69, 9.17) is 9.79 Å². The number of rotatable bonds is 4. The van der Waals surface area contributed by atoms with E-state index in [-0.39, 0.29) is 5.25 Å². The summed E-state index contributed by atoms with van der Waals surface area (Å²) in [4.78, 5) is 36.2. The highest BCUT2D eigenvalue weighted by Gasteiger charge is 2.43. The Bertz CT molecular complexity index is 354. The van der Waals surface area contributed by atoms with Crippen LogP contribution in [0.5, 0.6) is 0 Å². The van der Waals surface area contributed by atoms with Gasteiger partial charge in [-0.1, -0.05) is 0 Å². The highest BCUT2D eigenvalue weighted by atomic mass is 32.1. The molecule has 102 valence electrons. The summed E-state index contributed by atoms with van der Waals surface area (Å²) in [7, 11) is -9.01. The van der Waals surface area contributed by atoms with Gasteiger partial charge in [0, 0.05) is 11.8 Å². The largest absolute Gasteiger partial charge is 0.329 e. The summed E-state index contributed by atoms with van der Waals surface area (Å²) in [6.45, 7) is 1.05. The van der Waals surface area contributed by atoms with E-state index in [9.17, 15) is 18.9 Å². The van der Waals surface area contributed by atoms with Crippen LogP contribution in [-0.2, 0) is 9.13 Å². The van der Waals surface area contributed by atoms with Crippen molar-refractivity contribution in [1.82, 2.24) is 5.32 Å². The van der Waals surface area contributed by atoms with Crippen molar-refractivity contribution in [3.63, 3.8) is 0 Å². The van der Waals surface area contributed by atoms with Gasteiger partial charge < -0.3 is 24.9 Å². The average Bonchev–Trinajstić information content (AvgIpc) is 2.12. The Morgan fingerprint density at radius 3 is 2.29 bits per heavy atom. The first-order valence-corrected chi connectivity index (χ1v) is 9.09. The molecule has 0 amide bonds. The maximum Gasteiger partial charge on any atom is 0.329 e. The predicted octanol–water partition coefficient (Wildman–Crippen LogP) is -0.382. The topological polar surface area (TPSA) is 127 Å². The highest BCUT2D eigenvalue weighted by molar-refractivity contribution is 7.81. The first kappa shape index (κ1) is 15.7. The fourth-order valence-corrected chi connectivity index (χ4v) is 5.77. The van der Waals surface area contributed by atoms with E-state index in [2.05, 4.69) is 17.9 Å². The fraction of sp³-hybridized carbons (Fsp3) is 1.00. The third-order valence-corrected chi connectivity index (χ3v) is 6.01. The standard InChI is InChI=1S/C7H17NO6P2S/c9-15(10,11)4-6(16(12,13)14)5-1-2-8-3-7(5)17/h5-8,17H,1-4H2,(H2,9,10,11)(H2,12,13,14). The van der Waals surface area contributed by atoms with Gasteiger partial charge in [0.25, 0.3) is 0 Å². The zero-order chi connectivity index (χ0) is 13.3. The molecule has 1 aliphatic heterocycles. The van der Waals surface area contributed by atoms with E-state index in [1.165, 1.54) is 0 Å². The molecule has 0 radical (unpaired) electrons. The lowest BCUT2D eigenvalue weighted by molar-refractivity contribution is 0.300. The van der Waals surface area contributed by atoms with Gasteiger partial charge in [-0.2, -0.15) is 12.6 Å². The predicted molar refractivity (Wildman–Crippen MR) is 66.5 cm³/mol. The van der Waals surface area contributed by atoms with E-state index in [0.29, 0.717) is 19.5 Å². The van der Waals surface area contributed by atoms with E-state index in [0.717, 1.165) is 0 Å². The first-order chi connectivity index (χ1) is 7.61. The van der Waals surface area contributed by atoms with Crippen molar-refractivity contribution in [3.05, 3.63) is 0 Å². The van der Waals surface area contributed by atoms with Crippen LogP contribution in [0.3, 0.4) is 0 Å². The molecule has 0 bridgehead atoms. The maximum absolute atomic E-state index is 11.4. The Morgan fingerprint density at radius 2 is 1.88 bits per heavy atom. The molecule has 0 aromatic carbocycles. The summed E-state index contributed by atoms with van der Waals surface area (Å²) >= 11 is 4.22. The van der Waals surface area contributed by atoms with Crippen LogP contribution in [0.1, 0.15) is 6.42 Å². The van der Waals surface area contributed by atoms with Gasteiger partial charge >= 0.3 is 15.2 Å². The SMILES string of the molecule is O=P(O)(O)CC(C1CCNCC1S)P(=O)(O)O. The lowest BCUT2D eigenvalue weighted by Gasteiger charge is -2.35. The molecule has 0 spiro atoms. The second-order valence-electron chi connectivity index (χ2n) is 4.23. The molecule has 3 atom stereocenters. The van der Waals surface area contributed by atoms with Gasteiger partial charge in [0.2, 0.25) is 0 Å². The van der Waals surface area contributed by atoms with Crippen molar-refractivity contribution in [3.8, 4) is 0 Å². The van der Waals surface area contributed by atoms with Crippen molar-refractivity contribution in [1.29, 1.82) is 0 Å². The number of nitrogens with one attached hydrogen (secondary N) is 1. The maximum atomic E-state index is 11.4. The Labute approximate surface area is 105 Å². The van der Waals surface area contributed by atoms with Gasteiger partial charge in [-0.05, 0) is 18.9 Å². The Kier molecular flexibility index (Phi) is 5.27. The molecule has 3 unspecified atom stereocenters. The lowest BCUT2D eigenvalue weighted by Crippen LogP contribution is -2.43. The van der Waals surface area contributed by atoms with Crippen molar-refractivity contribution in [2.24, 2.45) is 5.92 Å². The van der Waals surface area contributed by atoms with Crippen LogP contribution in [0.25, 0.3) is 0 Å². The fourth-order valence-electron chi connectivity index (χ4n) is 2.05. The molecular weight excluding hydrogens is 288 g/mol. The number of thiol groups is 1. The molecule has 1 aliphatic rings. The second-order valence-corrected chi connectivity index (χ2v) is 8.43. The minimum atomic E-state index is -4.55. The third-order valence-electron chi connectivity index (χ3n) is 2.85. The van der Waals surface area contributed by atoms with Gasteiger partial charge in [0.05, 0.1) is 11.8 Å². The van der Waals surface area contributed by atoms with Gasteiger partial charge in [0.1, 0.15) is 0 Å². The van der Waals surface area contributed by atoms with Crippen molar-refractivity contribution in [2.75, 3.05) is 19.3 Å². The summed E-state index contributed by atoms with van der Waals surface area (Å²) in [6, 6.07) is 0. The van der Waals surface area contributed by atoms with Gasteiger partial charge in [-0.15, -0.1) is 0 Å². The van der Waals surface area contributed by atoms with E-state index in [1.807, 2.05) is 0 Å². The second kappa shape index (κ2) is 5.72.